The lowest BCUT2D eigenvalue weighted by molar-refractivity contribution is 0.0335. The maximum atomic E-state index is 12.0. The van der Waals surface area contributed by atoms with Crippen LogP contribution in [0.5, 0.6) is 0 Å². The summed E-state index contributed by atoms with van der Waals surface area (Å²) >= 11 is 0. The number of aryl methyl sites for hydroxylation is 1. The fraction of sp³-hybridized carbons (Fsp3) is 0.294. The van der Waals surface area contributed by atoms with E-state index < -0.39 is 5.97 Å². The molecule has 0 spiro atoms. The second-order valence-electron chi connectivity index (χ2n) is 4.79. The van der Waals surface area contributed by atoms with E-state index in [1.807, 2.05) is 13.8 Å². The van der Waals surface area contributed by atoms with E-state index in [0.29, 0.717) is 24.5 Å². The van der Waals surface area contributed by atoms with Crippen LogP contribution in [0.2, 0.25) is 0 Å². The van der Waals surface area contributed by atoms with Crippen LogP contribution in [0, 0.1) is 6.92 Å². The van der Waals surface area contributed by atoms with Gasteiger partial charge in [-0.05, 0) is 43.7 Å². The summed E-state index contributed by atoms with van der Waals surface area (Å²) in [6, 6.07) is 8.18. The van der Waals surface area contributed by atoms with E-state index in [9.17, 15) is 9.59 Å². The quantitative estimate of drug-likeness (QED) is 0.627. The molecule has 1 heterocycles. The van der Waals surface area contributed by atoms with E-state index in [1.165, 1.54) is 6.26 Å². The van der Waals surface area contributed by atoms with Gasteiger partial charge in [-0.2, -0.15) is 0 Å². The normalized spacial score (nSPS) is 10.3. The van der Waals surface area contributed by atoms with E-state index in [1.54, 1.807) is 30.3 Å². The Bertz CT molecular complexity index is 664. The Balaban J connectivity index is 2.03. The van der Waals surface area contributed by atoms with E-state index in [0.717, 1.165) is 5.56 Å². The highest BCUT2D eigenvalue weighted by atomic mass is 16.6. The van der Waals surface area contributed by atoms with Gasteiger partial charge in [0.25, 0.3) is 5.91 Å². The molecule has 0 bridgehead atoms. The van der Waals surface area contributed by atoms with Crippen molar-refractivity contribution in [3.05, 3.63) is 53.5 Å². The van der Waals surface area contributed by atoms with Gasteiger partial charge in [0.05, 0.1) is 18.4 Å². The molecule has 0 aliphatic carbocycles. The van der Waals surface area contributed by atoms with Crippen molar-refractivity contribution in [2.45, 2.75) is 13.8 Å². The predicted molar refractivity (Wildman–Crippen MR) is 84.6 cm³/mol. The Morgan fingerprint density at radius 1 is 1.22 bits per heavy atom. The van der Waals surface area contributed by atoms with Crippen LogP contribution in [0.4, 0.5) is 5.69 Å². The van der Waals surface area contributed by atoms with Crippen LogP contribution in [-0.4, -0.2) is 31.7 Å². The highest BCUT2D eigenvalue weighted by molar-refractivity contribution is 6.03. The molecule has 0 saturated heterocycles. The van der Waals surface area contributed by atoms with Gasteiger partial charge in [0.2, 0.25) is 0 Å². The second-order valence-corrected chi connectivity index (χ2v) is 4.79. The average molecular weight is 317 g/mol. The largest absolute Gasteiger partial charge is 0.460 e. The molecule has 122 valence electrons. The first-order valence-electron chi connectivity index (χ1n) is 7.32. The summed E-state index contributed by atoms with van der Waals surface area (Å²) in [5, 5.41) is 2.72. The first-order chi connectivity index (χ1) is 11.1. The fourth-order valence-corrected chi connectivity index (χ4v) is 1.90. The zero-order chi connectivity index (χ0) is 16.7. The van der Waals surface area contributed by atoms with Crippen LogP contribution in [0.15, 0.2) is 41.0 Å². The minimum atomic E-state index is -0.460. The molecule has 0 saturated carbocycles. The van der Waals surface area contributed by atoms with Gasteiger partial charge >= 0.3 is 5.97 Å². The Hall–Kier alpha value is -2.60. The molecule has 2 aromatic rings. The average Bonchev–Trinajstić information content (AvgIpc) is 3.08. The molecule has 0 fully saturated rings. The van der Waals surface area contributed by atoms with Gasteiger partial charge in [-0.15, -0.1) is 0 Å². The molecule has 0 aliphatic rings. The highest BCUT2D eigenvalue weighted by Gasteiger charge is 2.13. The summed E-state index contributed by atoms with van der Waals surface area (Å²) in [6.45, 7) is 4.83. The zero-order valence-electron chi connectivity index (χ0n) is 13.1. The SMILES string of the molecule is CCOCCOC(=O)c1ccc(C)c(NC(=O)c2ccco2)c1. The summed E-state index contributed by atoms with van der Waals surface area (Å²) in [5.41, 5.74) is 1.73. The van der Waals surface area contributed by atoms with Crippen molar-refractivity contribution in [2.75, 3.05) is 25.1 Å². The first kappa shape index (κ1) is 16.8. The molecule has 6 nitrogen and oxygen atoms in total. The molecule has 0 unspecified atom stereocenters. The summed E-state index contributed by atoms with van der Waals surface area (Å²) in [5.74, 6) is -0.632. The van der Waals surface area contributed by atoms with E-state index in [2.05, 4.69) is 5.32 Å². The topological polar surface area (TPSA) is 77.8 Å². The molecule has 0 atom stereocenters. The number of carbonyl (C=O) groups is 2. The van der Waals surface area contributed by atoms with Gasteiger partial charge in [-0.1, -0.05) is 6.07 Å². The maximum Gasteiger partial charge on any atom is 0.338 e. The number of hydrogen-bond donors (Lipinski definition) is 1. The Labute approximate surface area is 134 Å². The highest BCUT2D eigenvalue weighted by Crippen LogP contribution is 2.19. The minimum absolute atomic E-state index is 0.189. The summed E-state index contributed by atoms with van der Waals surface area (Å²) in [6.07, 6.45) is 1.42. The first-order valence-corrected chi connectivity index (χ1v) is 7.32. The van der Waals surface area contributed by atoms with E-state index in [4.69, 9.17) is 13.9 Å². The van der Waals surface area contributed by atoms with Gasteiger partial charge in [0.1, 0.15) is 6.61 Å². The zero-order valence-corrected chi connectivity index (χ0v) is 13.1. The molecular formula is C17H19NO5. The molecule has 0 radical (unpaired) electrons. The molecular weight excluding hydrogens is 298 g/mol. The molecule has 1 amide bonds. The number of nitrogens with one attached hydrogen (secondary N) is 1. The van der Waals surface area contributed by atoms with Crippen molar-refractivity contribution >= 4 is 17.6 Å². The monoisotopic (exact) mass is 317 g/mol. The predicted octanol–water partition coefficient (Wildman–Crippen LogP) is 3.03. The third-order valence-corrected chi connectivity index (χ3v) is 3.13. The second kappa shape index (κ2) is 8.14. The van der Waals surface area contributed by atoms with Crippen LogP contribution < -0.4 is 5.32 Å². The fourth-order valence-electron chi connectivity index (χ4n) is 1.90. The maximum absolute atomic E-state index is 12.0. The Morgan fingerprint density at radius 2 is 2.04 bits per heavy atom. The van der Waals surface area contributed by atoms with Gasteiger partial charge in [0, 0.05) is 12.3 Å². The number of rotatable bonds is 7. The van der Waals surface area contributed by atoms with Gasteiger partial charge in [-0.3, -0.25) is 4.79 Å². The number of ether oxygens (including phenoxy) is 2. The van der Waals surface area contributed by atoms with Gasteiger partial charge in [0.15, 0.2) is 5.76 Å². The van der Waals surface area contributed by atoms with Crippen LogP contribution in [-0.2, 0) is 9.47 Å². The van der Waals surface area contributed by atoms with Crippen LogP contribution >= 0.6 is 0 Å². The number of hydrogen-bond acceptors (Lipinski definition) is 5. The molecule has 6 heteroatoms. The number of carbonyl (C=O) groups excluding carboxylic acids is 2. The Morgan fingerprint density at radius 3 is 2.74 bits per heavy atom. The van der Waals surface area contributed by atoms with E-state index >= 15 is 0 Å². The van der Waals surface area contributed by atoms with E-state index in [-0.39, 0.29) is 18.3 Å². The van der Waals surface area contributed by atoms with Crippen molar-refractivity contribution in [2.24, 2.45) is 0 Å². The lowest BCUT2D eigenvalue weighted by Crippen LogP contribution is -2.14. The molecule has 0 aliphatic heterocycles. The van der Waals surface area contributed by atoms with Crippen molar-refractivity contribution in [1.29, 1.82) is 0 Å². The molecule has 23 heavy (non-hydrogen) atoms. The van der Waals surface area contributed by atoms with Crippen LogP contribution in [0.25, 0.3) is 0 Å². The molecule has 1 aromatic carbocycles. The van der Waals surface area contributed by atoms with Crippen molar-refractivity contribution < 1.29 is 23.5 Å². The molecule has 2 rings (SSSR count). The van der Waals surface area contributed by atoms with Gasteiger partial charge in [-0.25, -0.2) is 4.79 Å². The van der Waals surface area contributed by atoms with Gasteiger partial charge < -0.3 is 19.2 Å². The summed E-state index contributed by atoms with van der Waals surface area (Å²) in [4.78, 5) is 24.0. The standard InChI is InChI=1S/C17H19NO5/c1-3-21-9-10-23-17(20)13-7-6-12(2)14(11-13)18-16(19)15-5-4-8-22-15/h4-8,11H,3,9-10H2,1-2H3,(H,18,19). The lowest BCUT2D eigenvalue weighted by atomic mass is 10.1. The minimum Gasteiger partial charge on any atom is -0.460 e. The van der Waals surface area contributed by atoms with Crippen molar-refractivity contribution in [3.8, 4) is 0 Å². The summed E-state index contributed by atoms with van der Waals surface area (Å²) < 4.78 is 15.3. The molecule has 1 aromatic heterocycles. The number of furan rings is 1. The number of benzene rings is 1. The third kappa shape index (κ3) is 4.69. The number of amides is 1. The van der Waals surface area contributed by atoms with Crippen LogP contribution in [0.3, 0.4) is 0 Å². The lowest BCUT2D eigenvalue weighted by Gasteiger charge is -2.10. The Kier molecular flexibility index (Phi) is 5.94. The number of esters is 1. The third-order valence-electron chi connectivity index (χ3n) is 3.13. The summed E-state index contributed by atoms with van der Waals surface area (Å²) in [7, 11) is 0. The smallest absolute Gasteiger partial charge is 0.338 e. The van der Waals surface area contributed by atoms with Crippen molar-refractivity contribution in [1.82, 2.24) is 0 Å². The van der Waals surface area contributed by atoms with Crippen molar-refractivity contribution in [3.63, 3.8) is 0 Å². The number of anilines is 1. The molecule has 1 N–H and O–H groups in total. The van der Waals surface area contributed by atoms with Crippen LogP contribution in [0.1, 0.15) is 33.4 Å².